The van der Waals surface area contributed by atoms with Crippen LogP contribution in [0.3, 0.4) is 0 Å². The van der Waals surface area contributed by atoms with Crippen molar-refractivity contribution >= 4 is 11.6 Å². The first-order chi connectivity index (χ1) is 8.20. The molecule has 1 N–H and O–H groups in total. The molecule has 4 heteroatoms. The van der Waals surface area contributed by atoms with Gasteiger partial charge in [0.2, 0.25) is 0 Å². The van der Waals surface area contributed by atoms with Crippen molar-refractivity contribution in [2.45, 2.75) is 19.3 Å². The average molecular weight is 258 g/mol. The van der Waals surface area contributed by atoms with Crippen molar-refractivity contribution in [3.63, 3.8) is 0 Å². The molecule has 1 aromatic carbocycles. The fourth-order valence-corrected chi connectivity index (χ4v) is 1.99. The van der Waals surface area contributed by atoms with E-state index in [1.807, 2.05) is 7.05 Å². The van der Waals surface area contributed by atoms with E-state index in [4.69, 9.17) is 16.3 Å². The van der Waals surface area contributed by atoms with Crippen LogP contribution in [0.1, 0.15) is 18.4 Å². The van der Waals surface area contributed by atoms with Gasteiger partial charge in [-0.2, -0.15) is 0 Å². The van der Waals surface area contributed by atoms with Crippen LogP contribution in [0.4, 0.5) is 4.39 Å². The number of hydrogen-bond donors (Lipinski definition) is 1. The third kappa shape index (κ3) is 3.58. The van der Waals surface area contributed by atoms with Crippen LogP contribution < -0.4 is 10.1 Å². The van der Waals surface area contributed by atoms with Gasteiger partial charge in [-0.3, -0.25) is 0 Å². The Morgan fingerprint density at radius 1 is 1.47 bits per heavy atom. The van der Waals surface area contributed by atoms with Gasteiger partial charge < -0.3 is 10.1 Å². The summed E-state index contributed by atoms with van der Waals surface area (Å²) < 4.78 is 19.0. The number of nitrogens with one attached hydrogen (secondary N) is 1. The third-order valence-corrected chi connectivity index (χ3v) is 3.17. The number of likely N-dealkylation sites (N-methyl/N-ethyl adjacent to an activating group) is 1. The lowest BCUT2D eigenvalue weighted by molar-refractivity contribution is 0.296. The zero-order valence-corrected chi connectivity index (χ0v) is 10.7. The van der Waals surface area contributed by atoms with Gasteiger partial charge >= 0.3 is 0 Å². The molecular weight excluding hydrogens is 241 g/mol. The van der Waals surface area contributed by atoms with E-state index in [0.717, 1.165) is 12.1 Å². The molecule has 0 unspecified atom stereocenters. The van der Waals surface area contributed by atoms with Gasteiger partial charge in [-0.25, -0.2) is 4.39 Å². The fourth-order valence-electron chi connectivity index (χ4n) is 1.71. The summed E-state index contributed by atoms with van der Waals surface area (Å²) in [5.74, 6) is 1.00. The van der Waals surface area contributed by atoms with Crippen LogP contribution in [0.25, 0.3) is 0 Å². The average Bonchev–Trinajstić information content (AvgIpc) is 3.08. The van der Waals surface area contributed by atoms with Crippen LogP contribution >= 0.6 is 11.6 Å². The zero-order valence-electron chi connectivity index (χ0n) is 9.93. The molecule has 0 aliphatic heterocycles. The Morgan fingerprint density at radius 2 is 2.24 bits per heavy atom. The van der Waals surface area contributed by atoms with Gasteiger partial charge in [0.15, 0.2) is 0 Å². The van der Waals surface area contributed by atoms with E-state index in [9.17, 15) is 4.39 Å². The van der Waals surface area contributed by atoms with E-state index in [1.54, 1.807) is 0 Å². The summed E-state index contributed by atoms with van der Waals surface area (Å²) >= 11 is 6.03. The van der Waals surface area contributed by atoms with Gasteiger partial charge in [0, 0.05) is 0 Å². The molecule has 0 radical (unpaired) electrons. The maximum Gasteiger partial charge on any atom is 0.141 e. The Balaban J connectivity index is 2.12. The van der Waals surface area contributed by atoms with Crippen LogP contribution in [-0.2, 0) is 6.42 Å². The van der Waals surface area contributed by atoms with E-state index in [-0.39, 0.29) is 5.82 Å². The van der Waals surface area contributed by atoms with Gasteiger partial charge in [-0.05, 0) is 56.5 Å². The Bertz CT molecular complexity index is 393. The molecule has 1 aliphatic carbocycles. The van der Waals surface area contributed by atoms with Crippen LogP contribution in [0.15, 0.2) is 12.1 Å². The van der Waals surface area contributed by atoms with Crippen LogP contribution in [0.5, 0.6) is 5.75 Å². The molecule has 1 aromatic rings. The van der Waals surface area contributed by atoms with Crippen molar-refractivity contribution in [1.29, 1.82) is 0 Å². The van der Waals surface area contributed by atoms with Gasteiger partial charge in [0.1, 0.15) is 11.6 Å². The van der Waals surface area contributed by atoms with E-state index in [0.29, 0.717) is 29.7 Å². The van der Waals surface area contributed by atoms with Crippen molar-refractivity contribution in [3.8, 4) is 5.75 Å². The Labute approximate surface area is 106 Å². The van der Waals surface area contributed by atoms with Crippen molar-refractivity contribution < 1.29 is 9.13 Å². The quantitative estimate of drug-likeness (QED) is 0.846. The van der Waals surface area contributed by atoms with Crippen molar-refractivity contribution in [1.82, 2.24) is 5.32 Å². The second kappa shape index (κ2) is 5.69. The molecule has 0 aromatic heterocycles. The van der Waals surface area contributed by atoms with Crippen molar-refractivity contribution in [2.75, 3.05) is 20.2 Å². The Hall–Kier alpha value is -0.800. The lowest BCUT2D eigenvalue weighted by Crippen LogP contribution is -2.12. The summed E-state index contributed by atoms with van der Waals surface area (Å²) in [7, 11) is 1.87. The number of ether oxygens (including phenoxy) is 1. The summed E-state index contributed by atoms with van der Waals surface area (Å²) in [5.41, 5.74) is 0.838. The summed E-state index contributed by atoms with van der Waals surface area (Å²) in [6, 6.07) is 2.82. The number of hydrogen-bond acceptors (Lipinski definition) is 2. The molecule has 2 rings (SSSR count). The molecule has 0 heterocycles. The molecule has 1 saturated carbocycles. The van der Waals surface area contributed by atoms with E-state index in [1.165, 1.54) is 25.0 Å². The lowest BCUT2D eigenvalue weighted by atomic mass is 10.1. The van der Waals surface area contributed by atoms with E-state index < -0.39 is 0 Å². The minimum absolute atomic E-state index is 0.306. The normalized spacial score (nSPS) is 15.0. The minimum Gasteiger partial charge on any atom is -0.491 e. The monoisotopic (exact) mass is 257 g/mol. The second-order valence-electron chi connectivity index (χ2n) is 4.48. The van der Waals surface area contributed by atoms with E-state index >= 15 is 0 Å². The van der Waals surface area contributed by atoms with Crippen LogP contribution in [0.2, 0.25) is 5.02 Å². The highest BCUT2D eigenvalue weighted by Gasteiger charge is 2.23. The van der Waals surface area contributed by atoms with Gasteiger partial charge in [0.25, 0.3) is 0 Å². The van der Waals surface area contributed by atoms with Crippen molar-refractivity contribution in [3.05, 3.63) is 28.5 Å². The molecule has 0 atom stereocenters. The highest BCUT2D eigenvalue weighted by Crippen LogP contribution is 2.34. The number of rotatable bonds is 6. The predicted molar refractivity (Wildman–Crippen MR) is 67.3 cm³/mol. The highest BCUT2D eigenvalue weighted by atomic mass is 35.5. The summed E-state index contributed by atoms with van der Waals surface area (Å²) in [6.07, 6.45) is 3.17. The standard InChI is InChI=1S/C13H17ClFNO/c1-16-5-4-10-6-11(15)7-12(14)13(10)17-8-9-2-3-9/h6-7,9,16H,2-5,8H2,1H3. The molecule has 0 amide bonds. The highest BCUT2D eigenvalue weighted by molar-refractivity contribution is 6.32. The van der Waals surface area contributed by atoms with Crippen LogP contribution in [0, 0.1) is 11.7 Å². The van der Waals surface area contributed by atoms with Crippen LogP contribution in [-0.4, -0.2) is 20.2 Å². The molecular formula is C13H17ClFNO. The second-order valence-corrected chi connectivity index (χ2v) is 4.89. The largest absolute Gasteiger partial charge is 0.491 e. The van der Waals surface area contributed by atoms with Gasteiger partial charge in [-0.15, -0.1) is 0 Å². The predicted octanol–water partition coefficient (Wildman–Crippen LogP) is 3.03. The molecule has 0 saturated heterocycles. The molecule has 1 fully saturated rings. The fraction of sp³-hybridized carbons (Fsp3) is 0.538. The molecule has 0 spiro atoms. The number of halogens is 2. The van der Waals surface area contributed by atoms with Gasteiger partial charge in [0.05, 0.1) is 11.6 Å². The molecule has 0 bridgehead atoms. The first-order valence-electron chi connectivity index (χ1n) is 5.96. The Morgan fingerprint density at radius 3 is 2.88 bits per heavy atom. The number of benzene rings is 1. The molecule has 1 aliphatic rings. The summed E-state index contributed by atoms with van der Waals surface area (Å²) in [5, 5.41) is 3.41. The first kappa shape index (κ1) is 12.7. The maximum absolute atomic E-state index is 13.3. The first-order valence-corrected chi connectivity index (χ1v) is 6.34. The molecule has 17 heavy (non-hydrogen) atoms. The Kier molecular flexibility index (Phi) is 4.24. The minimum atomic E-state index is -0.306. The van der Waals surface area contributed by atoms with Crippen molar-refractivity contribution in [2.24, 2.45) is 5.92 Å². The molecule has 2 nitrogen and oxygen atoms in total. The molecule has 94 valence electrons. The zero-order chi connectivity index (χ0) is 12.3. The lowest BCUT2D eigenvalue weighted by Gasteiger charge is -2.13. The summed E-state index contributed by atoms with van der Waals surface area (Å²) in [4.78, 5) is 0. The SMILES string of the molecule is CNCCc1cc(F)cc(Cl)c1OCC1CC1. The smallest absolute Gasteiger partial charge is 0.141 e. The third-order valence-electron chi connectivity index (χ3n) is 2.89. The maximum atomic E-state index is 13.3. The topological polar surface area (TPSA) is 21.3 Å². The summed E-state index contributed by atoms with van der Waals surface area (Å²) in [6.45, 7) is 1.47. The van der Waals surface area contributed by atoms with E-state index in [2.05, 4.69) is 5.32 Å². The van der Waals surface area contributed by atoms with Gasteiger partial charge in [-0.1, -0.05) is 11.6 Å².